The molecule has 2 saturated heterocycles. The summed E-state index contributed by atoms with van der Waals surface area (Å²) in [7, 11) is 0. The summed E-state index contributed by atoms with van der Waals surface area (Å²) in [4.78, 5) is 103. The molecule has 3 aliphatic rings. The summed E-state index contributed by atoms with van der Waals surface area (Å²) >= 11 is 0. The molecule has 6 atom stereocenters. The number of hydrogen-bond acceptors (Lipinski definition) is 12. The van der Waals surface area contributed by atoms with E-state index in [1.165, 1.54) is 12.2 Å². The van der Waals surface area contributed by atoms with Gasteiger partial charge in [0, 0.05) is 57.0 Å². The summed E-state index contributed by atoms with van der Waals surface area (Å²) in [6, 6.07) is 4.72. The summed E-state index contributed by atoms with van der Waals surface area (Å²) in [5, 5.41) is 11.0. The smallest absolute Gasteiger partial charge is 0.407 e. The van der Waals surface area contributed by atoms with Gasteiger partial charge in [-0.2, -0.15) is 0 Å². The van der Waals surface area contributed by atoms with Crippen LogP contribution in [0.25, 0.3) is 0 Å². The highest BCUT2D eigenvalue weighted by atomic mass is 16.8. The molecule has 0 unspecified atom stereocenters. The van der Waals surface area contributed by atoms with Crippen LogP contribution in [-0.2, 0) is 60.6 Å². The van der Waals surface area contributed by atoms with Gasteiger partial charge in [-0.1, -0.05) is 38.1 Å². The number of nitrogens with two attached hydrogens (primary N) is 1. The van der Waals surface area contributed by atoms with Gasteiger partial charge in [-0.15, -0.1) is 0 Å². The average Bonchev–Trinajstić information content (AvgIpc) is 3.77. The predicted octanol–water partition coefficient (Wildman–Crippen LogP) is 2.49. The molecule has 6 N–H and O–H groups in total. The first-order valence-corrected chi connectivity index (χ1v) is 20.9. The molecule has 0 aliphatic carbocycles. The standard InChI is InChI=1S/C43H62N6O12/c1-25(2)28(24-31(51)36-35(37-39(58-36)60-43(6,7)59-37)48-32(52)12-8-9-22-49-33(53)17-18-34(49)54)38(55)47-29(11-10-20-45-40(44)56)30(50)23-27-15-13-26(14-16-27)19-21-46-41(57)61-42(3,4)5/h13-18,25,28-29,35-37,39H,8-12,19-24H2,1-7H3,(H,46,57)(H,47,55)(H,48,52)(H3,44,45,56)/t28-,29-,35-,36-,37-,39-/m1/s1. The quantitative estimate of drug-likeness (QED) is 0.0834. The first kappa shape index (κ1) is 48.5. The number of benzene rings is 1. The van der Waals surface area contributed by atoms with E-state index in [2.05, 4.69) is 21.3 Å². The first-order chi connectivity index (χ1) is 28.6. The van der Waals surface area contributed by atoms with Crippen molar-refractivity contribution in [1.29, 1.82) is 0 Å². The van der Waals surface area contributed by atoms with Crippen LogP contribution in [0.4, 0.5) is 9.59 Å². The molecule has 1 aromatic rings. The van der Waals surface area contributed by atoms with Crippen molar-refractivity contribution in [3.8, 4) is 0 Å². The molecular weight excluding hydrogens is 793 g/mol. The van der Waals surface area contributed by atoms with Crippen molar-refractivity contribution < 1.29 is 57.3 Å². The van der Waals surface area contributed by atoms with E-state index < -0.39 is 89.4 Å². The van der Waals surface area contributed by atoms with Crippen molar-refractivity contribution in [3.63, 3.8) is 0 Å². The monoisotopic (exact) mass is 854 g/mol. The lowest BCUT2D eigenvalue weighted by Crippen LogP contribution is -2.51. The number of nitrogens with zero attached hydrogens (tertiary/aromatic N) is 1. The Balaban J connectivity index is 1.38. The minimum atomic E-state index is -1.21. The molecule has 1 aromatic carbocycles. The van der Waals surface area contributed by atoms with E-state index in [9.17, 15) is 38.4 Å². The van der Waals surface area contributed by atoms with E-state index in [0.717, 1.165) is 10.5 Å². The molecule has 0 spiro atoms. The molecule has 18 nitrogen and oxygen atoms in total. The Labute approximate surface area is 356 Å². The number of alkyl carbamates (subject to hydrolysis) is 1. The van der Waals surface area contributed by atoms with Crippen LogP contribution < -0.4 is 27.0 Å². The molecule has 18 heteroatoms. The van der Waals surface area contributed by atoms with Gasteiger partial charge in [-0.3, -0.25) is 33.7 Å². The molecule has 3 heterocycles. The minimum Gasteiger partial charge on any atom is -0.444 e. The summed E-state index contributed by atoms with van der Waals surface area (Å²) in [6.45, 7) is 13.0. The number of ketones is 2. The van der Waals surface area contributed by atoms with Gasteiger partial charge < -0.3 is 45.9 Å². The van der Waals surface area contributed by atoms with Gasteiger partial charge in [0.2, 0.25) is 11.8 Å². The SMILES string of the molecule is CC(C)[C@@H](CC(=O)[C@H]1O[C@@H]2OC(C)(C)O[C@@H]2[C@@H]1NC(=O)CCCCN1C(=O)C=CC1=O)C(=O)N[C@H](CCCNC(N)=O)C(=O)Cc1ccc(CCNC(=O)OC(C)(C)C)cc1. The first-order valence-electron chi connectivity index (χ1n) is 20.9. The minimum absolute atomic E-state index is 0.00195. The number of urea groups is 1. The highest BCUT2D eigenvalue weighted by Gasteiger charge is 2.57. The fourth-order valence-corrected chi connectivity index (χ4v) is 7.25. The third kappa shape index (κ3) is 15.0. The molecule has 4 rings (SSSR count). The molecule has 61 heavy (non-hydrogen) atoms. The molecule has 0 aromatic heterocycles. The Morgan fingerprint density at radius 3 is 2.18 bits per heavy atom. The highest BCUT2D eigenvalue weighted by Crippen LogP contribution is 2.38. The van der Waals surface area contributed by atoms with E-state index in [0.29, 0.717) is 37.8 Å². The van der Waals surface area contributed by atoms with Crippen LogP contribution in [0.15, 0.2) is 36.4 Å². The van der Waals surface area contributed by atoms with E-state index in [4.69, 9.17) is 24.7 Å². The second kappa shape index (κ2) is 21.5. The van der Waals surface area contributed by atoms with Crippen LogP contribution in [0.1, 0.15) is 98.1 Å². The lowest BCUT2D eigenvalue weighted by atomic mass is 9.86. The number of hydrogen-bond donors (Lipinski definition) is 5. The average molecular weight is 855 g/mol. The zero-order valence-corrected chi connectivity index (χ0v) is 36.2. The van der Waals surface area contributed by atoms with Gasteiger partial charge >= 0.3 is 12.1 Å². The predicted molar refractivity (Wildman–Crippen MR) is 220 cm³/mol. The fourth-order valence-electron chi connectivity index (χ4n) is 7.25. The van der Waals surface area contributed by atoms with Crippen LogP contribution in [-0.4, -0.2) is 114 Å². The van der Waals surface area contributed by atoms with Crippen LogP contribution in [0.3, 0.4) is 0 Å². The molecule has 0 saturated carbocycles. The number of fused-ring (bicyclic) bond motifs is 1. The molecule has 2 fully saturated rings. The Bertz CT molecular complexity index is 1790. The Morgan fingerprint density at radius 2 is 1.56 bits per heavy atom. The van der Waals surface area contributed by atoms with E-state index in [1.807, 2.05) is 12.1 Å². The Morgan fingerprint density at radius 1 is 0.902 bits per heavy atom. The number of ether oxygens (including phenoxy) is 4. The Hall–Kier alpha value is -5.20. The molecular formula is C43H62N6O12. The number of rotatable bonds is 22. The summed E-state index contributed by atoms with van der Waals surface area (Å²) in [6.07, 6.45) is 0.495. The van der Waals surface area contributed by atoms with Crippen LogP contribution >= 0.6 is 0 Å². The van der Waals surface area contributed by atoms with Crippen LogP contribution in [0.2, 0.25) is 0 Å². The maximum atomic E-state index is 14.0. The number of carbonyl (C=O) groups excluding carboxylic acids is 8. The number of Topliss-reactive ketones (excluding diaryl/α,β-unsaturated/α-hetero) is 2. The topological polar surface area (TPSA) is 251 Å². The molecule has 0 radical (unpaired) electrons. The van der Waals surface area contributed by atoms with E-state index in [-0.39, 0.29) is 50.5 Å². The highest BCUT2D eigenvalue weighted by molar-refractivity contribution is 6.12. The van der Waals surface area contributed by atoms with Gasteiger partial charge in [0.1, 0.15) is 17.8 Å². The van der Waals surface area contributed by atoms with Gasteiger partial charge in [0.25, 0.3) is 11.8 Å². The van der Waals surface area contributed by atoms with E-state index in [1.54, 1.807) is 60.6 Å². The van der Waals surface area contributed by atoms with Gasteiger partial charge in [0.05, 0.1) is 12.1 Å². The fraction of sp³-hybridized carbons (Fsp3) is 0.628. The van der Waals surface area contributed by atoms with Crippen molar-refractivity contribution in [2.75, 3.05) is 19.6 Å². The molecule has 3 aliphatic heterocycles. The number of carbonyl (C=O) groups is 8. The number of primary amides is 1. The lowest BCUT2D eigenvalue weighted by Gasteiger charge is -2.28. The third-order valence-corrected chi connectivity index (χ3v) is 10.3. The summed E-state index contributed by atoms with van der Waals surface area (Å²) < 4.78 is 23.2. The Kier molecular flexibility index (Phi) is 17.1. The second-order valence-corrected chi connectivity index (χ2v) is 17.4. The second-order valence-electron chi connectivity index (χ2n) is 17.4. The number of nitrogens with one attached hydrogen (secondary N) is 4. The van der Waals surface area contributed by atoms with Crippen molar-refractivity contribution in [1.82, 2.24) is 26.2 Å². The van der Waals surface area contributed by atoms with E-state index >= 15 is 0 Å². The number of amides is 7. The maximum absolute atomic E-state index is 14.0. The van der Waals surface area contributed by atoms with Crippen molar-refractivity contribution in [3.05, 3.63) is 47.5 Å². The van der Waals surface area contributed by atoms with Crippen LogP contribution in [0.5, 0.6) is 0 Å². The normalized spacial score (nSPS) is 21.5. The summed E-state index contributed by atoms with van der Waals surface area (Å²) in [5.41, 5.74) is 6.25. The molecule has 336 valence electrons. The van der Waals surface area contributed by atoms with Crippen molar-refractivity contribution in [2.45, 2.75) is 142 Å². The van der Waals surface area contributed by atoms with Gasteiger partial charge in [0.15, 0.2) is 23.6 Å². The molecule has 7 amide bonds. The zero-order chi connectivity index (χ0) is 45.1. The van der Waals surface area contributed by atoms with Crippen LogP contribution in [0, 0.1) is 11.8 Å². The summed E-state index contributed by atoms with van der Waals surface area (Å²) in [5.74, 6) is -4.73. The van der Waals surface area contributed by atoms with Gasteiger partial charge in [-0.05, 0) is 83.8 Å². The van der Waals surface area contributed by atoms with Gasteiger partial charge in [-0.25, -0.2) is 9.59 Å². The number of unbranched alkanes of at least 4 members (excludes halogenated alkanes) is 1. The number of imide groups is 1. The molecule has 0 bridgehead atoms. The largest absolute Gasteiger partial charge is 0.444 e. The zero-order valence-electron chi connectivity index (χ0n) is 36.2. The maximum Gasteiger partial charge on any atom is 0.407 e. The van der Waals surface area contributed by atoms with Crippen molar-refractivity contribution in [2.24, 2.45) is 17.6 Å². The van der Waals surface area contributed by atoms with Crippen molar-refractivity contribution >= 4 is 47.3 Å². The lowest BCUT2D eigenvalue weighted by molar-refractivity contribution is -0.208. The third-order valence-electron chi connectivity index (χ3n) is 10.3.